The Morgan fingerprint density at radius 2 is 1.37 bits per heavy atom. The molecule has 27 heavy (non-hydrogen) atoms. The summed E-state index contributed by atoms with van der Waals surface area (Å²) >= 11 is 0. The molecular formula is C18H23F4NO4. The molecule has 9 heteroatoms. The third-order valence-electron chi connectivity index (χ3n) is 2.84. The van der Waals surface area contributed by atoms with Crippen molar-refractivity contribution in [1.82, 2.24) is 0 Å². The highest BCUT2D eigenvalue weighted by molar-refractivity contribution is 6.09. The maximum Gasteiger partial charge on any atom is 0.424 e. The lowest BCUT2D eigenvalue weighted by molar-refractivity contribution is -0.127. The maximum absolute atomic E-state index is 14.7. The predicted molar refractivity (Wildman–Crippen MR) is 91.1 cm³/mol. The summed E-state index contributed by atoms with van der Waals surface area (Å²) in [6.45, 7) is 9.13. The number of amides is 2. The molecule has 0 fully saturated rings. The molecule has 0 spiro atoms. The molecule has 0 radical (unpaired) electrons. The van der Waals surface area contributed by atoms with Crippen molar-refractivity contribution >= 4 is 17.9 Å². The Morgan fingerprint density at radius 1 is 0.926 bits per heavy atom. The summed E-state index contributed by atoms with van der Waals surface area (Å²) in [7, 11) is 0. The Labute approximate surface area is 155 Å². The van der Waals surface area contributed by atoms with Gasteiger partial charge >= 0.3 is 18.4 Å². The summed E-state index contributed by atoms with van der Waals surface area (Å²) < 4.78 is 62.8. The highest BCUT2D eigenvalue weighted by atomic mass is 19.4. The molecule has 0 saturated carbocycles. The molecule has 0 aliphatic rings. The number of ether oxygens (including phenoxy) is 2. The zero-order valence-electron chi connectivity index (χ0n) is 16.0. The number of imide groups is 1. The normalized spacial score (nSPS) is 12.5. The lowest BCUT2D eigenvalue weighted by atomic mass is 10.1. The number of hydrogen-bond donors (Lipinski definition) is 0. The summed E-state index contributed by atoms with van der Waals surface area (Å²) in [5.74, 6) is -1.36. The number of rotatable bonds is 2. The van der Waals surface area contributed by atoms with Crippen molar-refractivity contribution in [1.29, 1.82) is 0 Å². The Hall–Kier alpha value is -2.32. The molecule has 1 rings (SSSR count). The van der Waals surface area contributed by atoms with E-state index in [0.717, 1.165) is 18.2 Å². The van der Waals surface area contributed by atoms with Gasteiger partial charge in [0.25, 0.3) is 0 Å². The van der Waals surface area contributed by atoms with E-state index in [0.29, 0.717) is 0 Å². The van der Waals surface area contributed by atoms with Gasteiger partial charge in [-0.1, -0.05) is 12.1 Å². The first-order chi connectivity index (χ1) is 12.0. The van der Waals surface area contributed by atoms with Gasteiger partial charge in [-0.3, -0.25) is 0 Å². The fourth-order valence-electron chi connectivity index (χ4n) is 1.98. The molecule has 0 bridgehead atoms. The highest BCUT2D eigenvalue weighted by Gasteiger charge is 2.36. The van der Waals surface area contributed by atoms with E-state index in [9.17, 15) is 27.2 Å². The average molecular weight is 393 g/mol. The Balaban J connectivity index is 3.40. The SMILES string of the molecule is CC(C)(C)OC(=O)N(C(=O)OC(C)(C)C)c1cccc(CC(F)(F)F)c1F. The van der Waals surface area contributed by atoms with E-state index < -0.39 is 53.1 Å². The standard InChI is InChI=1S/C18H23F4NO4/c1-16(2,3)26-14(24)23(15(25)27-17(4,5)6)12-9-7-8-11(13(12)19)10-18(20,21)22/h7-9H,10H2,1-6H3. The number of benzene rings is 1. The van der Waals surface area contributed by atoms with Crippen LogP contribution in [0.1, 0.15) is 47.1 Å². The van der Waals surface area contributed by atoms with E-state index in [1.165, 1.54) is 41.5 Å². The van der Waals surface area contributed by atoms with Crippen LogP contribution in [0.15, 0.2) is 18.2 Å². The molecule has 1 aromatic rings. The average Bonchev–Trinajstić information content (AvgIpc) is 2.37. The Morgan fingerprint density at radius 3 is 1.74 bits per heavy atom. The minimum Gasteiger partial charge on any atom is -0.443 e. The molecule has 0 unspecified atom stereocenters. The summed E-state index contributed by atoms with van der Waals surface area (Å²) in [5.41, 5.74) is -3.45. The van der Waals surface area contributed by atoms with E-state index in [2.05, 4.69) is 0 Å². The largest absolute Gasteiger partial charge is 0.443 e. The van der Waals surface area contributed by atoms with Crippen LogP contribution >= 0.6 is 0 Å². The summed E-state index contributed by atoms with van der Waals surface area (Å²) in [4.78, 5) is 25.2. The fraction of sp³-hybridized carbons (Fsp3) is 0.556. The van der Waals surface area contributed by atoms with Crippen LogP contribution in [0.25, 0.3) is 0 Å². The van der Waals surface area contributed by atoms with Crippen molar-refractivity contribution in [2.75, 3.05) is 4.90 Å². The maximum atomic E-state index is 14.7. The predicted octanol–water partition coefficient (Wildman–Crippen LogP) is 5.61. The minimum atomic E-state index is -4.66. The quantitative estimate of drug-likeness (QED) is 0.613. The van der Waals surface area contributed by atoms with Crippen molar-refractivity contribution in [3.63, 3.8) is 0 Å². The van der Waals surface area contributed by atoms with Crippen LogP contribution in [-0.2, 0) is 15.9 Å². The first kappa shape index (κ1) is 22.7. The van der Waals surface area contributed by atoms with Gasteiger partial charge in [0.1, 0.15) is 11.2 Å². The van der Waals surface area contributed by atoms with E-state index >= 15 is 0 Å². The van der Waals surface area contributed by atoms with Gasteiger partial charge in [0, 0.05) is 0 Å². The minimum absolute atomic E-state index is 0.256. The lowest BCUT2D eigenvalue weighted by Crippen LogP contribution is -2.44. The number of carbonyl (C=O) groups is 2. The third-order valence-corrected chi connectivity index (χ3v) is 2.84. The zero-order valence-corrected chi connectivity index (χ0v) is 16.0. The number of halogens is 4. The second-order valence-electron chi connectivity index (χ2n) is 7.84. The molecule has 5 nitrogen and oxygen atoms in total. The smallest absolute Gasteiger partial charge is 0.424 e. The van der Waals surface area contributed by atoms with Crippen molar-refractivity contribution in [2.45, 2.75) is 65.3 Å². The fourth-order valence-corrected chi connectivity index (χ4v) is 1.98. The topological polar surface area (TPSA) is 55.8 Å². The van der Waals surface area contributed by atoms with Crippen LogP contribution in [0, 0.1) is 5.82 Å². The molecule has 0 N–H and O–H groups in total. The van der Waals surface area contributed by atoms with E-state index in [1.807, 2.05) is 0 Å². The Kier molecular flexibility index (Phi) is 6.51. The second-order valence-corrected chi connectivity index (χ2v) is 7.84. The first-order valence-corrected chi connectivity index (χ1v) is 8.10. The van der Waals surface area contributed by atoms with Crippen molar-refractivity contribution in [3.05, 3.63) is 29.6 Å². The number of anilines is 1. The monoisotopic (exact) mass is 393 g/mol. The molecule has 152 valence electrons. The number of alkyl halides is 3. The summed E-state index contributed by atoms with van der Waals surface area (Å²) in [5, 5.41) is 0. The van der Waals surface area contributed by atoms with Gasteiger partial charge in [-0.05, 0) is 53.2 Å². The lowest BCUT2D eigenvalue weighted by Gasteiger charge is -2.29. The van der Waals surface area contributed by atoms with Crippen molar-refractivity contribution < 1.29 is 36.6 Å². The molecule has 0 aliphatic carbocycles. The zero-order chi connectivity index (χ0) is 21.2. The van der Waals surface area contributed by atoms with Gasteiger partial charge in [0.05, 0.1) is 12.1 Å². The van der Waals surface area contributed by atoms with Crippen molar-refractivity contribution in [2.24, 2.45) is 0 Å². The van der Waals surface area contributed by atoms with E-state index in [4.69, 9.17) is 9.47 Å². The van der Waals surface area contributed by atoms with Crippen LogP contribution in [-0.4, -0.2) is 29.6 Å². The molecule has 1 aromatic carbocycles. The van der Waals surface area contributed by atoms with Crippen LogP contribution in [0.4, 0.5) is 32.8 Å². The van der Waals surface area contributed by atoms with E-state index in [1.54, 1.807) is 0 Å². The molecule has 2 amide bonds. The Bertz CT molecular complexity index is 675. The van der Waals surface area contributed by atoms with Gasteiger partial charge in [-0.15, -0.1) is 0 Å². The molecule has 0 atom stereocenters. The van der Waals surface area contributed by atoms with Gasteiger partial charge in [-0.25, -0.2) is 14.0 Å². The number of carbonyl (C=O) groups excluding carboxylic acids is 2. The molecule has 0 saturated heterocycles. The van der Waals surface area contributed by atoms with Crippen LogP contribution in [0.2, 0.25) is 0 Å². The van der Waals surface area contributed by atoms with Crippen LogP contribution in [0.5, 0.6) is 0 Å². The third kappa shape index (κ3) is 7.44. The van der Waals surface area contributed by atoms with Crippen molar-refractivity contribution in [3.8, 4) is 0 Å². The molecular weight excluding hydrogens is 370 g/mol. The highest BCUT2D eigenvalue weighted by Crippen LogP contribution is 2.30. The first-order valence-electron chi connectivity index (χ1n) is 8.10. The second kappa shape index (κ2) is 7.74. The van der Waals surface area contributed by atoms with Crippen LogP contribution < -0.4 is 4.90 Å². The molecule has 0 aliphatic heterocycles. The molecule has 0 heterocycles. The van der Waals surface area contributed by atoms with Gasteiger partial charge in [0.15, 0.2) is 5.82 Å². The number of hydrogen-bond acceptors (Lipinski definition) is 4. The molecule has 0 aromatic heterocycles. The summed E-state index contributed by atoms with van der Waals surface area (Å²) in [6.07, 6.45) is -8.75. The van der Waals surface area contributed by atoms with Gasteiger partial charge in [0.2, 0.25) is 0 Å². The number of nitrogens with zero attached hydrogens (tertiary/aromatic N) is 1. The van der Waals surface area contributed by atoms with Crippen LogP contribution in [0.3, 0.4) is 0 Å². The van der Waals surface area contributed by atoms with Gasteiger partial charge < -0.3 is 9.47 Å². The van der Waals surface area contributed by atoms with E-state index in [-0.39, 0.29) is 4.90 Å². The summed E-state index contributed by atoms with van der Waals surface area (Å²) in [6, 6.07) is 3.04. The van der Waals surface area contributed by atoms with Gasteiger partial charge in [-0.2, -0.15) is 18.1 Å².